The molecule has 0 aliphatic carbocycles. The highest BCUT2D eigenvalue weighted by Crippen LogP contribution is 2.27. The van der Waals surface area contributed by atoms with Crippen LogP contribution in [0.5, 0.6) is 0 Å². The third kappa shape index (κ3) is 6.83. The molecule has 2 aromatic carbocycles. The molecule has 9 heteroatoms. The van der Waals surface area contributed by atoms with Crippen LogP contribution in [0.4, 0.5) is 18.9 Å². The maximum absolute atomic E-state index is 12.9. The molecule has 0 aliphatic heterocycles. The van der Waals surface area contributed by atoms with Crippen LogP contribution in [0.15, 0.2) is 65.3 Å². The Morgan fingerprint density at radius 2 is 1.79 bits per heavy atom. The SMILES string of the molecule is CSCCOC(=O)c1ccc(C(C=C(N)C(F)(F)F)=Nc2ccccc2Cl)cc1. The molecule has 0 amide bonds. The van der Waals surface area contributed by atoms with E-state index in [0.717, 1.165) is 6.08 Å². The predicted molar refractivity (Wildman–Crippen MR) is 111 cm³/mol. The molecule has 0 radical (unpaired) electrons. The third-order valence-corrected chi connectivity index (χ3v) is 4.54. The first-order chi connectivity index (χ1) is 13.7. The zero-order valence-electron chi connectivity index (χ0n) is 15.4. The average Bonchev–Trinajstić information content (AvgIpc) is 2.68. The van der Waals surface area contributed by atoms with Crippen LogP contribution in [0.25, 0.3) is 0 Å². The number of hydrogen-bond acceptors (Lipinski definition) is 5. The summed E-state index contributed by atoms with van der Waals surface area (Å²) in [4.78, 5) is 16.2. The maximum Gasteiger partial charge on any atom is 0.430 e. The lowest BCUT2D eigenvalue weighted by molar-refractivity contribution is -0.0925. The number of carbonyl (C=O) groups excluding carboxylic acids is 1. The Labute approximate surface area is 175 Å². The number of rotatable bonds is 7. The second kappa shape index (κ2) is 10.4. The van der Waals surface area contributed by atoms with Crippen molar-refractivity contribution in [3.63, 3.8) is 0 Å². The zero-order chi connectivity index (χ0) is 21.4. The molecule has 29 heavy (non-hydrogen) atoms. The molecule has 0 spiro atoms. The van der Waals surface area contributed by atoms with Crippen molar-refractivity contribution < 1.29 is 22.7 Å². The average molecular weight is 443 g/mol. The number of carbonyl (C=O) groups is 1. The number of para-hydroxylation sites is 1. The molecule has 2 rings (SSSR count). The van der Waals surface area contributed by atoms with Gasteiger partial charge in [-0.2, -0.15) is 24.9 Å². The van der Waals surface area contributed by atoms with Gasteiger partial charge in [-0.3, -0.25) is 0 Å². The molecule has 0 heterocycles. The van der Waals surface area contributed by atoms with E-state index in [2.05, 4.69) is 4.99 Å². The number of benzene rings is 2. The molecule has 0 aromatic heterocycles. The number of halogens is 4. The molecule has 0 bridgehead atoms. The molecular weight excluding hydrogens is 425 g/mol. The van der Waals surface area contributed by atoms with Crippen LogP contribution in [0.1, 0.15) is 15.9 Å². The number of allylic oxidation sites excluding steroid dienone is 2. The molecule has 154 valence electrons. The lowest BCUT2D eigenvalue weighted by Crippen LogP contribution is -2.21. The first-order valence-electron chi connectivity index (χ1n) is 8.36. The number of aliphatic imine (C=N–C) groups is 1. The largest absolute Gasteiger partial charge is 0.461 e. The molecule has 0 unspecified atom stereocenters. The smallest absolute Gasteiger partial charge is 0.430 e. The molecule has 0 fully saturated rings. The normalized spacial score (nSPS) is 12.7. The number of alkyl halides is 3. The number of nitrogens with two attached hydrogens (primary N) is 1. The van der Waals surface area contributed by atoms with Gasteiger partial charge in [0.15, 0.2) is 0 Å². The minimum Gasteiger partial charge on any atom is -0.461 e. The number of nitrogens with zero attached hydrogens (tertiary/aromatic N) is 1. The van der Waals surface area contributed by atoms with E-state index in [9.17, 15) is 18.0 Å². The van der Waals surface area contributed by atoms with Gasteiger partial charge in [0.25, 0.3) is 0 Å². The lowest BCUT2D eigenvalue weighted by atomic mass is 10.1. The summed E-state index contributed by atoms with van der Waals surface area (Å²) >= 11 is 7.61. The van der Waals surface area contributed by atoms with Gasteiger partial charge in [-0.1, -0.05) is 35.9 Å². The number of ether oxygens (including phenoxy) is 1. The lowest BCUT2D eigenvalue weighted by Gasteiger charge is -2.10. The molecular formula is C20H18ClF3N2O2S. The second-order valence-corrected chi connectivity index (χ2v) is 7.14. The minimum atomic E-state index is -4.71. The standard InChI is InChI=1S/C20H18ClF3N2O2S/c1-29-11-10-28-19(27)14-8-6-13(7-9-14)17(12-18(25)20(22,23)24)26-16-5-3-2-4-15(16)21/h2-9,12H,10-11,25H2,1H3. The van der Waals surface area contributed by atoms with Crippen LogP contribution in [0, 0.1) is 0 Å². The summed E-state index contributed by atoms with van der Waals surface area (Å²) in [6.07, 6.45) is -2.08. The van der Waals surface area contributed by atoms with Crippen molar-refractivity contribution in [3.05, 3.63) is 76.5 Å². The molecule has 0 saturated heterocycles. The van der Waals surface area contributed by atoms with Gasteiger partial charge in [-0.05, 0) is 36.6 Å². The van der Waals surface area contributed by atoms with Crippen LogP contribution in [-0.2, 0) is 4.74 Å². The van der Waals surface area contributed by atoms with Gasteiger partial charge in [-0.15, -0.1) is 0 Å². The Morgan fingerprint density at radius 1 is 1.17 bits per heavy atom. The van der Waals surface area contributed by atoms with Crippen molar-refractivity contribution >= 4 is 40.7 Å². The Balaban J connectivity index is 2.39. The zero-order valence-corrected chi connectivity index (χ0v) is 16.9. The second-order valence-electron chi connectivity index (χ2n) is 5.75. The predicted octanol–water partition coefficient (Wildman–Crippen LogP) is 5.39. The highest BCUT2D eigenvalue weighted by atomic mass is 35.5. The minimum absolute atomic E-state index is 0.0461. The molecule has 0 saturated carbocycles. The van der Waals surface area contributed by atoms with Crippen LogP contribution in [0.3, 0.4) is 0 Å². The molecule has 0 atom stereocenters. The van der Waals surface area contributed by atoms with Crippen molar-refractivity contribution in [2.24, 2.45) is 10.7 Å². The van der Waals surface area contributed by atoms with Gasteiger partial charge >= 0.3 is 12.1 Å². The van der Waals surface area contributed by atoms with Gasteiger partial charge < -0.3 is 10.5 Å². The summed E-state index contributed by atoms with van der Waals surface area (Å²) in [7, 11) is 0. The van der Waals surface area contributed by atoms with Crippen LogP contribution >= 0.6 is 23.4 Å². The van der Waals surface area contributed by atoms with E-state index in [1.165, 1.54) is 24.3 Å². The van der Waals surface area contributed by atoms with E-state index in [1.54, 1.807) is 36.0 Å². The fraction of sp³-hybridized carbons (Fsp3) is 0.200. The summed E-state index contributed by atoms with van der Waals surface area (Å²) < 4.78 is 43.9. The van der Waals surface area contributed by atoms with E-state index in [1.807, 2.05) is 6.26 Å². The molecule has 4 nitrogen and oxygen atoms in total. The Bertz CT molecular complexity index is 913. The summed E-state index contributed by atoms with van der Waals surface area (Å²) in [5.74, 6) is 0.153. The van der Waals surface area contributed by atoms with Crippen LogP contribution < -0.4 is 5.73 Å². The highest BCUT2D eigenvalue weighted by molar-refractivity contribution is 7.98. The van der Waals surface area contributed by atoms with Gasteiger partial charge in [0.2, 0.25) is 0 Å². The third-order valence-electron chi connectivity index (χ3n) is 3.65. The molecule has 2 aromatic rings. The van der Waals surface area contributed by atoms with Gasteiger partial charge in [-0.25, -0.2) is 9.79 Å². The van der Waals surface area contributed by atoms with Gasteiger partial charge in [0.05, 0.1) is 22.0 Å². The first-order valence-corrected chi connectivity index (χ1v) is 10.1. The van der Waals surface area contributed by atoms with Crippen molar-refractivity contribution in [2.75, 3.05) is 18.6 Å². The monoisotopic (exact) mass is 442 g/mol. The highest BCUT2D eigenvalue weighted by Gasteiger charge is 2.31. The topological polar surface area (TPSA) is 64.7 Å². The number of hydrogen-bond donors (Lipinski definition) is 1. The van der Waals surface area contributed by atoms with Crippen molar-refractivity contribution in [3.8, 4) is 0 Å². The summed E-state index contributed by atoms with van der Waals surface area (Å²) in [6.45, 7) is 0.270. The van der Waals surface area contributed by atoms with E-state index >= 15 is 0 Å². The van der Waals surface area contributed by atoms with E-state index in [-0.39, 0.29) is 28.6 Å². The summed E-state index contributed by atoms with van der Waals surface area (Å²) in [6, 6.07) is 12.3. The number of thioether (sulfide) groups is 1. The van der Waals surface area contributed by atoms with Gasteiger partial charge in [0, 0.05) is 11.3 Å². The number of esters is 1. The van der Waals surface area contributed by atoms with Gasteiger partial charge in [0.1, 0.15) is 12.3 Å². The molecule has 2 N–H and O–H groups in total. The summed E-state index contributed by atoms with van der Waals surface area (Å²) in [5, 5.41) is 0.276. The summed E-state index contributed by atoms with van der Waals surface area (Å²) in [5.41, 5.74) is 4.72. The van der Waals surface area contributed by atoms with E-state index in [4.69, 9.17) is 22.1 Å². The fourth-order valence-corrected chi connectivity index (χ4v) is 2.59. The van der Waals surface area contributed by atoms with Crippen LogP contribution in [-0.4, -0.2) is 36.5 Å². The van der Waals surface area contributed by atoms with Crippen molar-refractivity contribution in [2.45, 2.75) is 6.18 Å². The first kappa shape index (κ1) is 22.8. The molecule has 0 aliphatic rings. The van der Waals surface area contributed by atoms with E-state index < -0.39 is 17.8 Å². The quantitative estimate of drug-likeness (QED) is 0.355. The Hall–Kier alpha value is -2.45. The van der Waals surface area contributed by atoms with Crippen LogP contribution in [0.2, 0.25) is 5.02 Å². The maximum atomic E-state index is 12.9. The fourth-order valence-electron chi connectivity index (χ4n) is 2.16. The van der Waals surface area contributed by atoms with Crippen molar-refractivity contribution in [1.82, 2.24) is 0 Å². The van der Waals surface area contributed by atoms with Crippen molar-refractivity contribution in [1.29, 1.82) is 0 Å². The Kier molecular flexibility index (Phi) is 8.16. The van der Waals surface area contributed by atoms with E-state index in [0.29, 0.717) is 11.3 Å². The Morgan fingerprint density at radius 3 is 2.38 bits per heavy atom.